The highest BCUT2D eigenvalue weighted by molar-refractivity contribution is 8.93. The number of aromatic hydroxyl groups is 1. The average molecular weight is 349 g/mol. The summed E-state index contributed by atoms with van der Waals surface area (Å²) < 4.78 is 0. The van der Waals surface area contributed by atoms with Crippen molar-refractivity contribution in [3.63, 3.8) is 0 Å². The summed E-state index contributed by atoms with van der Waals surface area (Å²) in [4.78, 5) is 4.87. The predicted octanol–water partition coefficient (Wildman–Crippen LogP) is 3.29. The van der Waals surface area contributed by atoms with E-state index in [1.165, 1.54) is 11.3 Å². The Balaban J connectivity index is 0.00000161. The number of nitrogens with zero attached hydrogens (tertiary/aromatic N) is 2. The molecule has 0 aromatic heterocycles. The van der Waals surface area contributed by atoms with Crippen molar-refractivity contribution >= 4 is 22.7 Å². The van der Waals surface area contributed by atoms with Gasteiger partial charge in [-0.3, -0.25) is 4.90 Å². The van der Waals surface area contributed by atoms with Gasteiger partial charge in [-0.05, 0) is 29.8 Å². The summed E-state index contributed by atoms with van der Waals surface area (Å²) in [7, 11) is 0. The maximum atomic E-state index is 9.33. The first kappa shape index (κ1) is 15.9. The molecule has 0 unspecified atom stereocenters. The van der Waals surface area contributed by atoms with Crippen LogP contribution in [0.4, 0.5) is 5.69 Å². The largest absolute Gasteiger partial charge is 0.508 e. The average Bonchev–Trinajstić information content (AvgIpc) is 2.50. The molecule has 1 aliphatic heterocycles. The van der Waals surface area contributed by atoms with Gasteiger partial charge in [-0.25, -0.2) is 0 Å². The van der Waals surface area contributed by atoms with Crippen LogP contribution in [0.1, 0.15) is 5.56 Å². The van der Waals surface area contributed by atoms with Crippen LogP contribution in [0.15, 0.2) is 54.6 Å². The van der Waals surface area contributed by atoms with E-state index in [-0.39, 0.29) is 17.0 Å². The summed E-state index contributed by atoms with van der Waals surface area (Å²) >= 11 is 0. The molecule has 0 aliphatic carbocycles. The Morgan fingerprint density at radius 3 is 2.05 bits per heavy atom. The summed E-state index contributed by atoms with van der Waals surface area (Å²) in [5.41, 5.74) is 2.58. The molecule has 1 saturated heterocycles. The Morgan fingerprint density at radius 2 is 1.43 bits per heavy atom. The molecule has 21 heavy (non-hydrogen) atoms. The molecule has 3 nitrogen and oxygen atoms in total. The highest BCUT2D eigenvalue weighted by Gasteiger charge is 2.17. The van der Waals surface area contributed by atoms with Gasteiger partial charge in [0.05, 0.1) is 0 Å². The van der Waals surface area contributed by atoms with Crippen LogP contribution < -0.4 is 4.90 Å². The minimum Gasteiger partial charge on any atom is -0.508 e. The number of piperazine rings is 1. The smallest absolute Gasteiger partial charge is 0.115 e. The zero-order valence-electron chi connectivity index (χ0n) is 12.0. The summed E-state index contributed by atoms with van der Waals surface area (Å²) in [5, 5.41) is 9.33. The number of hydrogen-bond donors (Lipinski definition) is 1. The molecule has 0 saturated carbocycles. The minimum atomic E-state index is 0. The van der Waals surface area contributed by atoms with Crippen molar-refractivity contribution in [1.82, 2.24) is 4.90 Å². The van der Waals surface area contributed by atoms with E-state index in [9.17, 15) is 5.11 Å². The number of hydrogen-bond acceptors (Lipinski definition) is 3. The number of rotatable bonds is 3. The van der Waals surface area contributed by atoms with E-state index < -0.39 is 0 Å². The van der Waals surface area contributed by atoms with Crippen LogP contribution in [-0.2, 0) is 6.54 Å². The molecule has 3 rings (SSSR count). The first-order valence-electron chi connectivity index (χ1n) is 7.11. The Hall–Kier alpha value is -1.52. The van der Waals surface area contributed by atoms with E-state index in [4.69, 9.17) is 0 Å². The van der Waals surface area contributed by atoms with Crippen molar-refractivity contribution in [3.05, 3.63) is 60.2 Å². The van der Waals surface area contributed by atoms with Gasteiger partial charge in [0, 0.05) is 38.4 Å². The Bertz CT molecular complexity index is 536. The summed E-state index contributed by atoms with van der Waals surface area (Å²) in [6.07, 6.45) is 0. The third-order valence-electron chi connectivity index (χ3n) is 3.84. The monoisotopic (exact) mass is 348 g/mol. The summed E-state index contributed by atoms with van der Waals surface area (Å²) in [6.45, 7) is 5.27. The molecule has 1 heterocycles. The molecule has 1 aliphatic rings. The van der Waals surface area contributed by atoms with Crippen LogP contribution in [0.25, 0.3) is 0 Å². The van der Waals surface area contributed by atoms with Gasteiger partial charge in [0.15, 0.2) is 0 Å². The fraction of sp³-hybridized carbons (Fsp3) is 0.294. The van der Waals surface area contributed by atoms with Gasteiger partial charge in [0.2, 0.25) is 0 Å². The van der Waals surface area contributed by atoms with Crippen LogP contribution in [0, 0.1) is 0 Å². The van der Waals surface area contributed by atoms with Crippen LogP contribution in [0.5, 0.6) is 5.75 Å². The van der Waals surface area contributed by atoms with Crippen molar-refractivity contribution in [2.24, 2.45) is 0 Å². The Kier molecular flexibility index (Phi) is 5.65. The van der Waals surface area contributed by atoms with E-state index in [0.717, 1.165) is 32.7 Å². The maximum absolute atomic E-state index is 9.33. The Labute approximate surface area is 136 Å². The molecule has 2 aromatic rings. The zero-order chi connectivity index (χ0) is 13.8. The van der Waals surface area contributed by atoms with Crippen LogP contribution >= 0.6 is 17.0 Å². The predicted molar refractivity (Wildman–Crippen MR) is 92.4 cm³/mol. The highest BCUT2D eigenvalue weighted by atomic mass is 79.9. The molecule has 0 bridgehead atoms. The van der Waals surface area contributed by atoms with Crippen LogP contribution in [-0.4, -0.2) is 36.2 Å². The number of benzene rings is 2. The fourth-order valence-corrected chi connectivity index (χ4v) is 2.67. The molecule has 0 atom stereocenters. The number of halogens is 1. The SMILES string of the molecule is Br.Oc1ccc(N2CCN(Cc3ccccc3)CC2)cc1. The second-order valence-electron chi connectivity index (χ2n) is 5.27. The quantitative estimate of drug-likeness (QED) is 0.921. The molecule has 0 radical (unpaired) electrons. The van der Waals surface area contributed by atoms with E-state index in [0.29, 0.717) is 5.75 Å². The van der Waals surface area contributed by atoms with Crippen molar-refractivity contribution in [2.75, 3.05) is 31.1 Å². The molecule has 0 spiro atoms. The van der Waals surface area contributed by atoms with E-state index in [1.807, 2.05) is 12.1 Å². The van der Waals surface area contributed by atoms with Gasteiger partial charge < -0.3 is 10.0 Å². The van der Waals surface area contributed by atoms with Gasteiger partial charge in [-0.1, -0.05) is 30.3 Å². The van der Waals surface area contributed by atoms with E-state index in [2.05, 4.69) is 40.1 Å². The maximum Gasteiger partial charge on any atom is 0.115 e. The lowest BCUT2D eigenvalue weighted by molar-refractivity contribution is 0.250. The number of phenols is 1. The van der Waals surface area contributed by atoms with Crippen molar-refractivity contribution < 1.29 is 5.11 Å². The van der Waals surface area contributed by atoms with Gasteiger partial charge in [0.25, 0.3) is 0 Å². The molecule has 1 N–H and O–H groups in total. The Morgan fingerprint density at radius 1 is 0.810 bits per heavy atom. The third-order valence-corrected chi connectivity index (χ3v) is 3.84. The second kappa shape index (κ2) is 7.48. The lowest BCUT2D eigenvalue weighted by Crippen LogP contribution is -2.45. The van der Waals surface area contributed by atoms with E-state index in [1.54, 1.807) is 12.1 Å². The van der Waals surface area contributed by atoms with Crippen molar-refractivity contribution in [2.45, 2.75) is 6.54 Å². The van der Waals surface area contributed by atoms with Gasteiger partial charge in [-0.2, -0.15) is 0 Å². The van der Waals surface area contributed by atoms with Crippen molar-refractivity contribution in [1.29, 1.82) is 0 Å². The van der Waals surface area contributed by atoms with Gasteiger partial charge >= 0.3 is 0 Å². The molecule has 112 valence electrons. The molecule has 2 aromatic carbocycles. The molecular weight excluding hydrogens is 328 g/mol. The van der Waals surface area contributed by atoms with Gasteiger partial charge in [0.1, 0.15) is 5.75 Å². The molecule has 1 fully saturated rings. The second-order valence-corrected chi connectivity index (χ2v) is 5.27. The molecular formula is C17H21BrN2O. The normalized spacial score (nSPS) is 15.5. The van der Waals surface area contributed by atoms with Crippen LogP contribution in [0.2, 0.25) is 0 Å². The summed E-state index contributed by atoms with van der Waals surface area (Å²) in [5.74, 6) is 0.330. The zero-order valence-corrected chi connectivity index (χ0v) is 13.7. The standard InChI is InChI=1S/C17H20N2O.BrH/c20-17-8-6-16(7-9-17)19-12-10-18(11-13-19)14-15-4-2-1-3-5-15;/h1-9,20H,10-14H2;1H. The molecule has 0 amide bonds. The summed E-state index contributed by atoms with van der Waals surface area (Å²) in [6, 6.07) is 18.1. The lowest BCUT2D eigenvalue weighted by Gasteiger charge is -2.36. The first-order valence-corrected chi connectivity index (χ1v) is 7.11. The first-order chi connectivity index (χ1) is 9.81. The third kappa shape index (κ3) is 4.22. The van der Waals surface area contributed by atoms with Crippen molar-refractivity contribution in [3.8, 4) is 5.75 Å². The number of phenolic OH excluding ortho intramolecular Hbond substituents is 1. The topological polar surface area (TPSA) is 26.7 Å². The number of anilines is 1. The minimum absolute atomic E-state index is 0. The lowest BCUT2D eigenvalue weighted by atomic mass is 10.2. The molecule has 4 heteroatoms. The fourth-order valence-electron chi connectivity index (χ4n) is 2.67. The highest BCUT2D eigenvalue weighted by Crippen LogP contribution is 2.20. The van der Waals surface area contributed by atoms with Gasteiger partial charge in [-0.15, -0.1) is 17.0 Å². The van der Waals surface area contributed by atoms with E-state index >= 15 is 0 Å². The van der Waals surface area contributed by atoms with Crippen LogP contribution in [0.3, 0.4) is 0 Å².